The molecule has 112 valence electrons. The molecule has 6 atom stereocenters. The highest BCUT2D eigenvalue weighted by molar-refractivity contribution is 5.82. The molecule has 4 fully saturated rings. The predicted octanol–water partition coefficient (Wildman–Crippen LogP) is 4.99. The molecule has 0 bridgehead atoms. The maximum Gasteiger partial charge on any atom is 0.136 e. The number of hydrogen-bond acceptors (Lipinski definition) is 1. The topological polar surface area (TPSA) is 17.1 Å². The molecule has 4 rings (SSSR count). The third-order valence-electron chi connectivity index (χ3n) is 8.18. The van der Waals surface area contributed by atoms with Gasteiger partial charge in [0.05, 0.1) is 0 Å². The van der Waals surface area contributed by atoms with Crippen LogP contribution >= 0.6 is 0 Å². The molecular weight excluding hydrogens is 244 g/mol. The SMILES string of the molecule is C[C@]12CCC[C@@H]1[C@@H]1CC[C@H]3C(=O)CCC[C@]3(C)[C@@H]1CC2. The van der Waals surface area contributed by atoms with Gasteiger partial charge in [-0.05, 0) is 80.0 Å². The summed E-state index contributed by atoms with van der Waals surface area (Å²) in [5, 5.41) is 0. The lowest BCUT2D eigenvalue weighted by atomic mass is 9.45. The zero-order valence-electron chi connectivity index (χ0n) is 13.3. The molecule has 0 N–H and O–H groups in total. The van der Waals surface area contributed by atoms with Crippen LogP contribution in [-0.4, -0.2) is 5.78 Å². The van der Waals surface area contributed by atoms with Gasteiger partial charge in [-0.3, -0.25) is 4.79 Å². The highest BCUT2D eigenvalue weighted by atomic mass is 16.1. The number of hydrogen-bond donors (Lipinski definition) is 0. The molecule has 4 aliphatic rings. The Hall–Kier alpha value is -0.330. The van der Waals surface area contributed by atoms with Crippen molar-refractivity contribution in [3.63, 3.8) is 0 Å². The van der Waals surface area contributed by atoms with E-state index in [9.17, 15) is 4.79 Å². The minimum atomic E-state index is 0.363. The monoisotopic (exact) mass is 274 g/mol. The normalized spacial score (nSPS) is 55.0. The maximum atomic E-state index is 12.4. The standard InChI is InChI=1S/C19H30O/c1-18-10-3-5-14(18)13-7-8-16-17(20)6-4-11-19(16,2)15(13)9-12-18/h13-16H,3-12H2,1-2H3/t13-,14+,15+,16-,18+,19+/m0/s1. The quantitative estimate of drug-likeness (QED) is 0.608. The molecule has 0 heterocycles. The van der Waals surface area contributed by atoms with Crippen LogP contribution in [-0.2, 0) is 4.79 Å². The third kappa shape index (κ3) is 1.64. The lowest BCUT2D eigenvalue weighted by Crippen LogP contribution is -2.53. The van der Waals surface area contributed by atoms with E-state index in [0.29, 0.717) is 22.5 Å². The zero-order chi connectivity index (χ0) is 14.0. The first-order valence-corrected chi connectivity index (χ1v) is 9.07. The molecule has 0 aliphatic heterocycles. The van der Waals surface area contributed by atoms with Gasteiger partial charge in [-0.1, -0.05) is 20.3 Å². The first kappa shape index (κ1) is 13.3. The fourth-order valence-electron chi connectivity index (χ4n) is 7.16. The summed E-state index contributed by atoms with van der Waals surface area (Å²) >= 11 is 0. The van der Waals surface area contributed by atoms with Gasteiger partial charge in [0.1, 0.15) is 5.78 Å². The molecule has 1 nitrogen and oxygen atoms in total. The molecule has 0 aromatic carbocycles. The van der Waals surface area contributed by atoms with Crippen molar-refractivity contribution in [2.75, 3.05) is 0 Å². The van der Waals surface area contributed by atoms with E-state index in [1.54, 1.807) is 0 Å². The summed E-state index contributed by atoms with van der Waals surface area (Å²) in [4.78, 5) is 12.4. The minimum Gasteiger partial charge on any atom is -0.299 e. The number of ketones is 1. The van der Waals surface area contributed by atoms with Crippen molar-refractivity contribution in [3.05, 3.63) is 0 Å². The average Bonchev–Trinajstić information content (AvgIpc) is 2.80. The molecule has 0 aromatic rings. The Balaban J connectivity index is 1.67. The Labute approximate surface area is 123 Å². The first-order chi connectivity index (χ1) is 9.55. The smallest absolute Gasteiger partial charge is 0.136 e. The van der Waals surface area contributed by atoms with Crippen LogP contribution in [0.3, 0.4) is 0 Å². The van der Waals surface area contributed by atoms with Crippen molar-refractivity contribution in [2.45, 2.75) is 78.1 Å². The van der Waals surface area contributed by atoms with E-state index in [1.807, 2.05) is 0 Å². The summed E-state index contributed by atoms with van der Waals surface area (Å²) in [6.07, 6.45) is 13.2. The number of rotatable bonds is 0. The van der Waals surface area contributed by atoms with Crippen LogP contribution in [0.15, 0.2) is 0 Å². The Bertz CT molecular complexity index is 427. The third-order valence-corrected chi connectivity index (χ3v) is 8.18. The molecular formula is C19H30O. The second kappa shape index (κ2) is 4.34. The molecule has 0 spiro atoms. The van der Waals surface area contributed by atoms with Crippen molar-refractivity contribution in [3.8, 4) is 0 Å². The van der Waals surface area contributed by atoms with Gasteiger partial charge < -0.3 is 0 Å². The van der Waals surface area contributed by atoms with Gasteiger partial charge >= 0.3 is 0 Å². The first-order valence-electron chi connectivity index (χ1n) is 9.07. The summed E-state index contributed by atoms with van der Waals surface area (Å²) in [5.74, 6) is 3.82. The average molecular weight is 274 g/mol. The van der Waals surface area contributed by atoms with Gasteiger partial charge in [-0.15, -0.1) is 0 Å². The van der Waals surface area contributed by atoms with Crippen molar-refractivity contribution < 1.29 is 4.79 Å². The number of carbonyl (C=O) groups excluding carboxylic acids is 1. The van der Waals surface area contributed by atoms with Gasteiger partial charge in [0.15, 0.2) is 0 Å². The Kier molecular flexibility index (Phi) is 2.89. The van der Waals surface area contributed by atoms with Gasteiger partial charge in [-0.2, -0.15) is 0 Å². The van der Waals surface area contributed by atoms with E-state index in [0.717, 1.165) is 30.6 Å². The predicted molar refractivity (Wildman–Crippen MR) is 81.4 cm³/mol. The van der Waals surface area contributed by atoms with Crippen LogP contribution in [0.5, 0.6) is 0 Å². The van der Waals surface area contributed by atoms with E-state index >= 15 is 0 Å². The highest BCUT2D eigenvalue weighted by Crippen LogP contribution is 2.65. The molecule has 1 heteroatoms. The van der Waals surface area contributed by atoms with Crippen LogP contribution in [0.1, 0.15) is 78.1 Å². The maximum absolute atomic E-state index is 12.4. The number of carbonyl (C=O) groups is 1. The Morgan fingerprint density at radius 1 is 0.900 bits per heavy atom. The lowest BCUT2D eigenvalue weighted by Gasteiger charge is -2.59. The van der Waals surface area contributed by atoms with Crippen LogP contribution < -0.4 is 0 Å². The summed E-state index contributed by atoms with van der Waals surface area (Å²) in [6, 6.07) is 0. The Morgan fingerprint density at radius 3 is 2.60 bits per heavy atom. The molecule has 0 amide bonds. The van der Waals surface area contributed by atoms with Gasteiger partial charge in [-0.25, -0.2) is 0 Å². The molecule has 4 aliphatic carbocycles. The van der Waals surface area contributed by atoms with Gasteiger partial charge in [0, 0.05) is 12.3 Å². The van der Waals surface area contributed by atoms with E-state index < -0.39 is 0 Å². The van der Waals surface area contributed by atoms with Crippen LogP contribution in [0.25, 0.3) is 0 Å². The van der Waals surface area contributed by atoms with Gasteiger partial charge in [0.25, 0.3) is 0 Å². The largest absolute Gasteiger partial charge is 0.299 e. The lowest BCUT2D eigenvalue weighted by molar-refractivity contribution is -0.146. The van der Waals surface area contributed by atoms with Crippen LogP contribution in [0.2, 0.25) is 0 Å². The van der Waals surface area contributed by atoms with Crippen molar-refractivity contribution in [2.24, 2.45) is 34.5 Å². The second-order valence-electron chi connectivity index (χ2n) is 8.92. The van der Waals surface area contributed by atoms with Crippen LogP contribution in [0.4, 0.5) is 0 Å². The van der Waals surface area contributed by atoms with Crippen molar-refractivity contribution >= 4 is 5.78 Å². The molecule has 0 aromatic heterocycles. The van der Waals surface area contributed by atoms with Gasteiger partial charge in [0.2, 0.25) is 0 Å². The molecule has 0 radical (unpaired) electrons. The van der Waals surface area contributed by atoms with E-state index in [1.165, 1.54) is 51.4 Å². The number of Topliss-reactive ketones (excluding diaryl/α,β-unsaturated/α-hetero) is 1. The van der Waals surface area contributed by atoms with E-state index in [2.05, 4.69) is 13.8 Å². The second-order valence-corrected chi connectivity index (χ2v) is 8.92. The summed E-state index contributed by atoms with van der Waals surface area (Å²) in [5.41, 5.74) is 1.02. The molecule has 4 saturated carbocycles. The fraction of sp³-hybridized carbons (Fsp3) is 0.947. The van der Waals surface area contributed by atoms with Crippen LogP contribution in [0, 0.1) is 34.5 Å². The zero-order valence-corrected chi connectivity index (χ0v) is 13.3. The van der Waals surface area contributed by atoms with E-state index in [-0.39, 0.29) is 0 Å². The summed E-state index contributed by atoms with van der Waals surface area (Å²) in [6.45, 7) is 5.06. The molecule has 20 heavy (non-hydrogen) atoms. The summed E-state index contributed by atoms with van der Waals surface area (Å²) in [7, 11) is 0. The summed E-state index contributed by atoms with van der Waals surface area (Å²) < 4.78 is 0. The molecule has 0 unspecified atom stereocenters. The number of fused-ring (bicyclic) bond motifs is 5. The minimum absolute atomic E-state index is 0.363. The highest BCUT2D eigenvalue weighted by Gasteiger charge is 2.58. The fourth-order valence-corrected chi connectivity index (χ4v) is 7.16. The van der Waals surface area contributed by atoms with E-state index in [4.69, 9.17) is 0 Å². The van der Waals surface area contributed by atoms with Crippen molar-refractivity contribution in [1.29, 1.82) is 0 Å². The molecule has 0 saturated heterocycles. The Morgan fingerprint density at radius 2 is 1.75 bits per heavy atom. The van der Waals surface area contributed by atoms with Crippen molar-refractivity contribution in [1.82, 2.24) is 0 Å².